The summed E-state index contributed by atoms with van der Waals surface area (Å²) < 4.78 is 25.7. The van der Waals surface area contributed by atoms with E-state index in [1.54, 1.807) is 12.1 Å². The predicted octanol–water partition coefficient (Wildman–Crippen LogP) is 0.983. The molecule has 2 fully saturated rings. The van der Waals surface area contributed by atoms with Crippen molar-refractivity contribution in [1.82, 2.24) is 14.9 Å². The Hall–Kier alpha value is -1.15. The molecule has 0 aromatic heterocycles. The van der Waals surface area contributed by atoms with Gasteiger partial charge in [-0.05, 0) is 57.1 Å². The summed E-state index contributed by atoms with van der Waals surface area (Å²) in [7, 11) is -2.09. The van der Waals surface area contributed by atoms with E-state index in [0.717, 1.165) is 32.4 Å². The van der Waals surface area contributed by atoms with E-state index >= 15 is 0 Å². The third-order valence-electron chi connectivity index (χ3n) is 4.57. The van der Waals surface area contributed by atoms with Crippen LogP contribution in [-0.2, 0) is 10.0 Å². The molecule has 2 saturated heterocycles. The van der Waals surface area contributed by atoms with Crippen molar-refractivity contribution < 1.29 is 13.2 Å². The van der Waals surface area contributed by atoms with Gasteiger partial charge in [-0.25, -0.2) is 13.1 Å². The summed E-state index contributed by atoms with van der Waals surface area (Å²) in [4.78, 5) is 14.9. The fourth-order valence-electron chi connectivity index (χ4n) is 3.36. The Kier molecular flexibility index (Phi) is 5.67. The second kappa shape index (κ2) is 7.17. The van der Waals surface area contributed by atoms with E-state index < -0.39 is 10.0 Å². The number of halogens is 1. The second-order valence-corrected chi connectivity index (χ2v) is 7.71. The molecule has 2 atom stereocenters. The number of benzene rings is 1. The summed E-state index contributed by atoms with van der Waals surface area (Å²) in [5, 5.41) is 3.37. The zero-order valence-electron chi connectivity index (χ0n) is 13.0. The van der Waals surface area contributed by atoms with Crippen molar-refractivity contribution >= 4 is 28.3 Å². The second-order valence-electron chi connectivity index (χ2n) is 5.82. The topological polar surface area (TPSA) is 78.5 Å². The van der Waals surface area contributed by atoms with E-state index in [0.29, 0.717) is 11.6 Å². The number of carbonyl (C=O) groups is 1. The van der Waals surface area contributed by atoms with Crippen LogP contribution in [0.4, 0.5) is 0 Å². The third kappa shape index (κ3) is 3.52. The molecule has 1 aromatic rings. The normalized spacial score (nSPS) is 24.0. The first-order valence-corrected chi connectivity index (χ1v) is 9.08. The van der Waals surface area contributed by atoms with E-state index in [-0.39, 0.29) is 29.3 Å². The Morgan fingerprint density at radius 1 is 1.17 bits per heavy atom. The Morgan fingerprint density at radius 3 is 2.48 bits per heavy atom. The number of nitrogens with zero attached hydrogens (tertiary/aromatic N) is 1. The lowest BCUT2D eigenvalue weighted by Gasteiger charge is -2.28. The van der Waals surface area contributed by atoms with E-state index in [1.807, 2.05) is 4.90 Å². The highest BCUT2D eigenvalue weighted by Crippen LogP contribution is 2.29. The minimum absolute atomic E-state index is 0. The summed E-state index contributed by atoms with van der Waals surface area (Å²) in [6.45, 7) is 1.79. The molecule has 0 saturated carbocycles. The lowest BCUT2D eigenvalue weighted by atomic mass is 10.1. The summed E-state index contributed by atoms with van der Waals surface area (Å²) in [6.07, 6.45) is 3.08. The Bertz CT molecular complexity index is 649. The van der Waals surface area contributed by atoms with Gasteiger partial charge in [-0.2, -0.15) is 0 Å². The molecule has 3 rings (SSSR count). The Balaban J connectivity index is 0.00000192. The Morgan fingerprint density at radius 2 is 1.83 bits per heavy atom. The predicted molar refractivity (Wildman–Crippen MR) is 90.4 cm³/mol. The number of carbonyl (C=O) groups excluding carboxylic acids is 1. The molecule has 2 aliphatic rings. The van der Waals surface area contributed by atoms with Crippen molar-refractivity contribution in [2.45, 2.75) is 36.2 Å². The standard InChI is InChI=1S/C15H21N3O3S.ClH/c1-16-22(20,21)14-6-2-11(3-7-14)15(19)18-12-4-5-13(18)10-17-9-8-12;/h2-3,6-7,12-13,16-17H,4-5,8-10H2,1H3;1H. The van der Waals surface area contributed by atoms with Crippen LogP contribution in [-0.4, -0.2) is 51.4 Å². The number of hydrogen-bond donors (Lipinski definition) is 2. The number of hydrogen-bond acceptors (Lipinski definition) is 4. The minimum Gasteiger partial charge on any atom is -0.331 e. The quantitative estimate of drug-likeness (QED) is 0.843. The van der Waals surface area contributed by atoms with E-state index in [9.17, 15) is 13.2 Å². The number of rotatable bonds is 3. The molecule has 2 unspecified atom stereocenters. The first-order chi connectivity index (χ1) is 10.5. The molecule has 2 bridgehead atoms. The van der Waals surface area contributed by atoms with Crippen LogP contribution in [0.15, 0.2) is 29.2 Å². The molecule has 0 aliphatic carbocycles. The summed E-state index contributed by atoms with van der Waals surface area (Å²) in [5.74, 6) is 0.00426. The van der Waals surface area contributed by atoms with Crippen LogP contribution in [0.5, 0.6) is 0 Å². The number of amides is 1. The van der Waals surface area contributed by atoms with Gasteiger partial charge in [0.05, 0.1) is 4.90 Å². The molecular formula is C15H22ClN3O3S. The Labute approximate surface area is 143 Å². The average molecular weight is 360 g/mol. The lowest BCUT2D eigenvalue weighted by molar-refractivity contribution is 0.0680. The molecule has 128 valence electrons. The summed E-state index contributed by atoms with van der Waals surface area (Å²) >= 11 is 0. The van der Waals surface area contributed by atoms with Gasteiger partial charge in [0, 0.05) is 24.2 Å². The SMILES string of the molecule is CNS(=O)(=O)c1ccc(C(=O)N2C3CCNCC2CC3)cc1.Cl. The molecule has 1 amide bonds. The van der Waals surface area contributed by atoms with Crippen molar-refractivity contribution in [3.05, 3.63) is 29.8 Å². The summed E-state index contributed by atoms with van der Waals surface area (Å²) in [6, 6.07) is 6.72. The molecule has 2 N–H and O–H groups in total. The van der Waals surface area contributed by atoms with Gasteiger partial charge < -0.3 is 10.2 Å². The maximum absolute atomic E-state index is 12.8. The molecule has 2 heterocycles. The summed E-state index contributed by atoms with van der Waals surface area (Å²) in [5.41, 5.74) is 0.550. The van der Waals surface area contributed by atoms with Crippen LogP contribution in [0.2, 0.25) is 0 Å². The van der Waals surface area contributed by atoms with E-state index in [1.165, 1.54) is 19.2 Å². The minimum atomic E-state index is -3.47. The van der Waals surface area contributed by atoms with Gasteiger partial charge in [-0.1, -0.05) is 0 Å². The number of sulfonamides is 1. The molecule has 23 heavy (non-hydrogen) atoms. The number of nitrogens with one attached hydrogen (secondary N) is 2. The van der Waals surface area contributed by atoms with E-state index in [4.69, 9.17) is 0 Å². The largest absolute Gasteiger partial charge is 0.331 e. The zero-order valence-corrected chi connectivity index (χ0v) is 14.6. The zero-order chi connectivity index (χ0) is 15.7. The number of fused-ring (bicyclic) bond motifs is 2. The molecule has 0 radical (unpaired) electrons. The average Bonchev–Trinajstić information content (AvgIpc) is 2.79. The van der Waals surface area contributed by atoms with Crippen LogP contribution in [0, 0.1) is 0 Å². The van der Waals surface area contributed by atoms with Crippen molar-refractivity contribution in [2.24, 2.45) is 0 Å². The molecule has 2 aliphatic heterocycles. The van der Waals surface area contributed by atoms with Gasteiger partial charge in [0.15, 0.2) is 0 Å². The van der Waals surface area contributed by atoms with Gasteiger partial charge in [0.2, 0.25) is 10.0 Å². The van der Waals surface area contributed by atoms with E-state index in [2.05, 4.69) is 10.0 Å². The molecule has 0 spiro atoms. The van der Waals surface area contributed by atoms with Crippen LogP contribution < -0.4 is 10.0 Å². The van der Waals surface area contributed by atoms with Crippen molar-refractivity contribution in [2.75, 3.05) is 20.1 Å². The molecular weight excluding hydrogens is 338 g/mol. The fraction of sp³-hybridized carbons (Fsp3) is 0.533. The maximum Gasteiger partial charge on any atom is 0.254 e. The fourth-order valence-corrected chi connectivity index (χ4v) is 4.09. The highest BCUT2D eigenvalue weighted by molar-refractivity contribution is 7.89. The lowest BCUT2D eigenvalue weighted by Crippen LogP contribution is -2.42. The first-order valence-electron chi connectivity index (χ1n) is 7.60. The first kappa shape index (κ1) is 18.2. The maximum atomic E-state index is 12.8. The van der Waals surface area contributed by atoms with Gasteiger partial charge in [-0.3, -0.25) is 4.79 Å². The monoisotopic (exact) mass is 359 g/mol. The van der Waals surface area contributed by atoms with Crippen molar-refractivity contribution in [3.8, 4) is 0 Å². The van der Waals surface area contributed by atoms with Crippen LogP contribution in [0.3, 0.4) is 0 Å². The highest BCUT2D eigenvalue weighted by atomic mass is 35.5. The molecule has 6 nitrogen and oxygen atoms in total. The van der Waals surface area contributed by atoms with Crippen LogP contribution in [0.1, 0.15) is 29.6 Å². The highest BCUT2D eigenvalue weighted by Gasteiger charge is 2.38. The smallest absolute Gasteiger partial charge is 0.254 e. The van der Waals surface area contributed by atoms with Crippen molar-refractivity contribution in [1.29, 1.82) is 0 Å². The van der Waals surface area contributed by atoms with Gasteiger partial charge >= 0.3 is 0 Å². The van der Waals surface area contributed by atoms with Crippen LogP contribution >= 0.6 is 12.4 Å². The van der Waals surface area contributed by atoms with Crippen molar-refractivity contribution in [3.63, 3.8) is 0 Å². The van der Waals surface area contributed by atoms with Crippen LogP contribution in [0.25, 0.3) is 0 Å². The molecule has 1 aromatic carbocycles. The molecule has 8 heteroatoms. The third-order valence-corrected chi connectivity index (χ3v) is 6.00. The van der Waals surface area contributed by atoms with Gasteiger partial charge in [0.25, 0.3) is 5.91 Å². The van der Waals surface area contributed by atoms with Gasteiger partial charge in [0.1, 0.15) is 0 Å². The van der Waals surface area contributed by atoms with Gasteiger partial charge in [-0.15, -0.1) is 12.4 Å².